The zero-order chi connectivity index (χ0) is 32.3. The second-order valence-electron chi connectivity index (χ2n) is 13.8. The van der Waals surface area contributed by atoms with Gasteiger partial charge in [-0.2, -0.15) is 0 Å². The smallest absolute Gasteiger partial charge is 0.303 e. The highest BCUT2D eigenvalue weighted by atomic mass is 16.5. The molecule has 7 heteroatoms. The minimum atomic E-state index is -0.732. The number of carbonyl (C=O) groups is 1. The number of hydrogen-bond donors (Lipinski definition) is 1. The quantitative estimate of drug-likeness (QED) is 0.183. The number of carboxylic acid groups (broad SMARTS) is 1. The number of aliphatic carboxylic acids is 1. The van der Waals surface area contributed by atoms with Gasteiger partial charge >= 0.3 is 5.97 Å². The molecule has 0 fully saturated rings. The number of nitrogens with zero attached hydrogens (tertiary/aromatic N) is 4. The molecular formula is C38H45N4O3+. The van der Waals surface area contributed by atoms with E-state index in [4.69, 9.17) is 14.8 Å². The van der Waals surface area contributed by atoms with Gasteiger partial charge in [-0.25, -0.2) is 4.58 Å². The first-order chi connectivity index (χ1) is 21.3. The van der Waals surface area contributed by atoms with Gasteiger partial charge in [0.05, 0.1) is 23.0 Å². The molecular weight excluding hydrogens is 560 g/mol. The lowest BCUT2D eigenvalue weighted by Crippen LogP contribution is -2.50. The van der Waals surface area contributed by atoms with E-state index in [-0.39, 0.29) is 17.5 Å². The molecule has 4 heterocycles. The largest absolute Gasteiger partial charge is 0.481 e. The fourth-order valence-corrected chi connectivity index (χ4v) is 7.65. The number of anilines is 1. The fraction of sp³-hybridized carbons (Fsp3) is 0.421. The monoisotopic (exact) mass is 605 g/mol. The van der Waals surface area contributed by atoms with E-state index >= 15 is 0 Å². The van der Waals surface area contributed by atoms with E-state index in [0.29, 0.717) is 6.42 Å². The van der Waals surface area contributed by atoms with Crippen LogP contribution in [0, 0.1) is 6.92 Å². The molecule has 0 unspecified atom stereocenters. The zero-order valence-electron chi connectivity index (χ0n) is 27.9. The van der Waals surface area contributed by atoms with Crippen LogP contribution in [0.1, 0.15) is 102 Å². The molecule has 0 bridgehead atoms. The van der Waals surface area contributed by atoms with Crippen LogP contribution in [-0.4, -0.2) is 45.2 Å². The second-order valence-corrected chi connectivity index (χ2v) is 13.8. The SMILES string of the molecule is CCN1c2cc3c(cc2C(C)=CC1(C)C)C(c1nccnc1C)=c1cc2c(cc1O3)=[N+](CCCCCC(=O)O)C(C)(C)C=C2C. The zero-order valence-corrected chi connectivity index (χ0v) is 27.9. The van der Waals surface area contributed by atoms with E-state index in [1.54, 1.807) is 12.4 Å². The summed E-state index contributed by atoms with van der Waals surface area (Å²) < 4.78 is 9.34. The second kappa shape index (κ2) is 11.3. The van der Waals surface area contributed by atoms with Crippen molar-refractivity contribution in [1.29, 1.82) is 0 Å². The average Bonchev–Trinajstić information content (AvgIpc) is 2.95. The molecule has 0 saturated carbocycles. The van der Waals surface area contributed by atoms with E-state index in [1.165, 1.54) is 28.0 Å². The Morgan fingerprint density at radius 2 is 1.62 bits per heavy atom. The van der Waals surface area contributed by atoms with Gasteiger partial charge in [-0.05, 0) is 83.7 Å². The summed E-state index contributed by atoms with van der Waals surface area (Å²) in [5.41, 5.74) is 9.56. The first kappa shape index (κ1) is 30.8. The van der Waals surface area contributed by atoms with Gasteiger partial charge < -0.3 is 14.7 Å². The average molecular weight is 606 g/mol. The van der Waals surface area contributed by atoms with Crippen LogP contribution in [-0.2, 0) is 4.79 Å². The number of allylic oxidation sites excluding steroid dienone is 2. The summed E-state index contributed by atoms with van der Waals surface area (Å²) >= 11 is 0. The maximum atomic E-state index is 11.1. The molecule has 6 rings (SSSR count). The Balaban J connectivity index is 1.61. The van der Waals surface area contributed by atoms with Crippen LogP contribution in [0.4, 0.5) is 5.69 Å². The molecule has 3 aliphatic heterocycles. The number of rotatable bonds is 8. The van der Waals surface area contributed by atoms with Gasteiger partial charge in [0.15, 0.2) is 5.54 Å². The van der Waals surface area contributed by atoms with Gasteiger partial charge in [-0.3, -0.25) is 14.8 Å². The maximum Gasteiger partial charge on any atom is 0.303 e. The van der Waals surface area contributed by atoms with Crippen LogP contribution in [0.2, 0.25) is 0 Å². The van der Waals surface area contributed by atoms with Crippen LogP contribution in [0.5, 0.6) is 11.5 Å². The number of fused-ring (bicyclic) bond motifs is 4. The van der Waals surface area contributed by atoms with Gasteiger partial charge in [0.2, 0.25) is 5.36 Å². The first-order valence-corrected chi connectivity index (χ1v) is 16.2. The van der Waals surface area contributed by atoms with E-state index in [1.807, 2.05) is 6.92 Å². The Kier molecular flexibility index (Phi) is 7.70. The highest BCUT2D eigenvalue weighted by Crippen LogP contribution is 2.46. The number of aryl methyl sites for hydroxylation is 1. The fourth-order valence-electron chi connectivity index (χ4n) is 7.65. The molecule has 0 saturated heterocycles. The lowest BCUT2D eigenvalue weighted by atomic mass is 9.85. The molecule has 0 spiro atoms. The first-order valence-electron chi connectivity index (χ1n) is 16.2. The van der Waals surface area contributed by atoms with Crippen molar-refractivity contribution in [2.75, 3.05) is 18.0 Å². The van der Waals surface area contributed by atoms with Crippen LogP contribution in [0.15, 0.2) is 48.8 Å². The summed E-state index contributed by atoms with van der Waals surface area (Å²) in [5, 5.41) is 11.3. The lowest BCUT2D eigenvalue weighted by Gasteiger charge is -2.43. The van der Waals surface area contributed by atoms with Crippen molar-refractivity contribution in [3.63, 3.8) is 0 Å². The van der Waals surface area contributed by atoms with Gasteiger partial charge in [0, 0.05) is 84.9 Å². The molecule has 0 atom stereocenters. The van der Waals surface area contributed by atoms with Crippen molar-refractivity contribution < 1.29 is 14.6 Å². The summed E-state index contributed by atoms with van der Waals surface area (Å²) in [4.78, 5) is 23.0. The number of unbranched alkanes of at least 4 members (excludes halogenated alkanes) is 2. The highest BCUT2D eigenvalue weighted by Gasteiger charge is 2.36. The molecule has 234 valence electrons. The Morgan fingerprint density at radius 3 is 2.33 bits per heavy atom. The predicted molar refractivity (Wildman–Crippen MR) is 181 cm³/mol. The van der Waals surface area contributed by atoms with Gasteiger partial charge in [0.1, 0.15) is 18.0 Å². The number of likely N-dealkylation sites (N-methyl/N-ethyl adjacent to an activating group) is 1. The molecule has 0 aliphatic carbocycles. The summed E-state index contributed by atoms with van der Waals surface area (Å²) in [5.74, 6) is 0.908. The molecule has 2 aromatic carbocycles. The predicted octanol–water partition coefficient (Wildman–Crippen LogP) is 6.49. The third-order valence-electron chi connectivity index (χ3n) is 9.62. The van der Waals surface area contributed by atoms with Crippen LogP contribution >= 0.6 is 0 Å². The van der Waals surface area contributed by atoms with Crippen LogP contribution < -0.4 is 24.8 Å². The molecule has 0 amide bonds. The molecule has 3 aliphatic rings. The van der Waals surface area contributed by atoms with Crippen LogP contribution in [0.25, 0.3) is 16.7 Å². The van der Waals surface area contributed by atoms with Crippen molar-refractivity contribution in [3.8, 4) is 11.5 Å². The van der Waals surface area contributed by atoms with Crippen molar-refractivity contribution in [2.45, 2.75) is 92.2 Å². The van der Waals surface area contributed by atoms with E-state index in [0.717, 1.165) is 70.5 Å². The van der Waals surface area contributed by atoms with Crippen molar-refractivity contribution in [2.24, 2.45) is 0 Å². The Morgan fingerprint density at radius 1 is 0.889 bits per heavy atom. The van der Waals surface area contributed by atoms with Crippen molar-refractivity contribution >= 4 is 28.4 Å². The maximum absolute atomic E-state index is 11.1. The molecule has 45 heavy (non-hydrogen) atoms. The van der Waals surface area contributed by atoms with Crippen molar-refractivity contribution in [3.05, 3.63) is 87.5 Å². The third kappa shape index (κ3) is 5.36. The summed E-state index contributed by atoms with van der Waals surface area (Å²) in [6, 6.07) is 8.99. The Hall–Kier alpha value is -4.26. The molecule has 3 aromatic rings. The molecule has 7 nitrogen and oxygen atoms in total. The number of ether oxygens (including phenoxy) is 1. The number of carboxylic acids is 1. The van der Waals surface area contributed by atoms with E-state index in [2.05, 4.69) is 99.3 Å². The lowest BCUT2D eigenvalue weighted by molar-refractivity contribution is -0.137. The molecule has 1 aromatic heterocycles. The normalized spacial score (nSPS) is 17.4. The minimum absolute atomic E-state index is 0.111. The van der Waals surface area contributed by atoms with Crippen molar-refractivity contribution in [1.82, 2.24) is 14.5 Å². The third-order valence-corrected chi connectivity index (χ3v) is 9.62. The summed E-state index contributed by atoms with van der Waals surface area (Å²) in [7, 11) is 0. The minimum Gasteiger partial charge on any atom is -0.481 e. The number of aromatic nitrogens is 2. The van der Waals surface area contributed by atoms with E-state index < -0.39 is 5.97 Å². The topological polar surface area (TPSA) is 78.6 Å². The highest BCUT2D eigenvalue weighted by molar-refractivity contribution is 5.91. The van der Waals surface area contributed by atoms with E-state index in [9.17, 15) is 4.79 Å². The molecule has 1 N–H and O–H groups in total. The number of hydrogen-bond acceptors (Lipinski definition) is 5. The Bertz CT molecular complexity index is 1920. The van der Waals surface area contributed by atoms with Crippen LogP contribution in [0.3, 0.4) is 0 Å². The molecule has 0 radical (unpaired) electrons. The van der Waals surface area contributed by atoms with Gasteiger partial charge in [-0.15, -0.1) is 0 Å². The summed E-state index contributed by atoms with van der Waals surface area (Å²) in [6.45, 7) is 19.3. The standard InChI is InChI=1S/C38H44N4O3/c1-9-41-30-19-32-28(17-26(30)23(2)21-37(41,5)6)35(36-25(4)39-14-15-40-36)29-18-27-24(3)22-38(7,8)42(31(27)20-33(29)45-32)16-12-10-11-13-34(43)44/h14-15,17-22H,9-13,16H2,1-8H3/p+1. The van der Waals surface area contributed by atoms with Gasteiger partial charge in [-0.1, -0.05) is 6.08 Å². The Labute approximate surface area is 266 Å². The summed E-state index contributed by atoms with van der Waals surface area (Å²) in [6.07, 6.45) is 10.9. The van der Waals surface area contributed by atoms with Gasteiger partial charge in [0.25, 0.3) is 0 Å². The number of benzene rings is 2.